The summed E-state index contributed by atoms with van der Waals surface area (Å²) in [7, 11) is 0. The first-order valence-electron chi connectivity index (χ1n) is 4.08. The fourth-order valence-corrected chi connectivity index (χ4v) is 3.01. The molecule has 0 aromatic carbocycles. The van der Waals surface area contributed by atoms with Gasteiger partial charge in [-0.3, -0.25) is 0 Å². The predicted molar refractivity (Wildman–Crippen MR) is 54.5 cm³/mol. The van der Waals surface area contributed by atoms with E-state index in [-0.39, 0.29) is 5.41 Å². The molecule has 2 rings (SSSR count). The Morgan fingerprint density at radius 3 is 2.75 bits per heavy atom. The zero-order chi connectivity index (χ0) is 8.60. The lowest BCUT2D eigenvalue weighted by Gasteiger charge is -2.08. The maximum absolute atomic E-state index is 9.12. The molecule has 1 fully saturated rings. The zero-order valence-electron chi connectivity index (χ0n) is 6.72. The summed E-state index contributed by atoms with van der Waals surface area (Å²) in [5.41, 5.74) is 0.254. The van der Waals surface area contributed by atoms with Crippen molar-refractivity contribution in [3.05, 3.63) is 20.8 Å². The van der Waals surface area contributed by atoms with Gasteiger partial charge in [-0.15, -0.1) is 11.3 Å². The van der Waals surface area contributed by atoms with Crippen LogP contribution in [0.3, 0.4) is 0 Å². The van der Waals surface area contributed by atoms with E-state index in [0.717, 1.165) is 10.9 Å². The Labute approximate surface area is 84.6 Å². The topological polar surface area (TPSA) is 20.2 Å². The lowest BCUT2D eigenvalue weighted by Crippen LogP contribution is -2.08. The highest BCUT2D eigenvalue weighted by atomic mass is 79.9. The Kier molecular flexibility index (Phi) is 2.27. The van der Waals surface area contributed by atoms with Crippen molar-refractivity contribution in [2.24, 2.45) is 5.41 Å². The summed E-state index contributed by atoms with van der Waals surface area (Å²) in [4.78, 5) is 1.38. The standard InChI is InChI=1S/C9H11BrOS/c10-7-3-8(12-5-7)4-9(6-11)1-2-9/h3,5,11H,1-2,4,6H2. The predicted octanol–water partition coefficient (Wildman–Crippen LogP) is 2.83. The van der Waals surface area contributed by atoms with Gasteiger partial charge < -0.3 is 5.11 Å². The van der Waals surface area contributed by atoms with Crippen LogP contribution in [0, 0.1) is 5.41 Å². The molecule has 1 aromatic heterocycles. The SMILES string of the molecule is OCC1(Cc2cc(Br)cs2)CC1. The van der Waals surface area contributed by atoms with Crippen LogP contribution < -0.4 is 0 Å². The molecule has 0 amide bonds. The molecule has 0 unspecified atom stereocenters. The van der Waals surface area contributed by atoms with Crippen molar-refractivity contribution < 1.29 is 5.11 Å². The molecule has 1 aliphatic carbocycles. The van der Waals surface area contributed by atoms with Crippen LogP contribution in [0.4, 0.5) is 0 Å². The van der Waals surface area contributed by atoms with Crippen molar-refractivity contribution in [2.45, 2.75) is 19.3 Å². The number of thiophene rings is 1. The third-order valence-electron chi connectivity index (χ3n) is 2.46. The van der Waals surface area contributed by atoms with Gasteiger partial charge in [-0.05, 0) is 46.7 Å². The monoisotopic (exact) mass is 246 g/mol. The molecule has 1 heterocycles. The highest BCUT2D eigenvalue weighted by Gasteiger charge is 2.42. The maximum atomic E-state index is 9.12. The molecule has 3 heteroatoms. The second kappa shape index (κ2) is 3.13. The van der Waals surface area contributed by atoms with Crippen LogP contribution in [0.15, 0.2) is 15.9 Å². The zero-order valence-corrected chi connectivity index (χ0v) is 9.12. The van der Waals surface area contributed by atoms with E-state index in [1.807, 2.05) is 0 Å². The van der Waals surface area contributed by atoms with Crippen LogP contribution in [-0.2, 0) is 6.42 Å². The van der Waals surface area contributed by atoms with Crippen LogP contribution in [0.2, 0.25) is 0 Å². The van der Waals surface area contributed by atoms with Gasteiger partial charge in [-0.25, -0.2) is 0 Å². The van der Waals surface area contributed by atoms with E-state index in [1.54, 1.807) is 11.3 Å². The van der Waals surface area contributed by atoms with Gasteiger partial charge in [0, 0.05) is 21.3 Å². The first-order chi connectivity index (χ1) is 5.74. The first kappa shape index (κ1) is 8.73. The quantitative estimate of drug-likeness (QED) is 0.870. The number of rotatable bonds is 3. The van der Waals surface area contributed by atoms with Crippen molar-refractivity contribution in [3.8, 4) is 0 Å². The Balaban J connectivity index is 2.04. The molecule has 0 aliphatic heterocycles. The van der Waals surface area contributed by atoms with Crippen molar-refractivity contribution >= 4 is 27.3 Å². The molecular weight excluding hydrogens is 236 g/mol. The molecule has 12 heavy (non-hydrogen) atoms. The highest BCUT2D eigenvalue weighted by molar-refractivity contribution is 9.10. The van der Waals surface area contributed by atoms with E-state index in [1.165, 1.54) is 17.7 Å². The number of hydrogen-bond donors (Lipinski definition) is 1. The second-order valence-electron chi connectivity index (χ2n) is 3.57. The summed E-state index contributed by atoms with van der Waals surface area (Å²) < 4.78 is 1.16. The van der Waals surface area contributed by atoms with Crippen molar-refractivity contribution in [1.82, 2.24) is 0 Å². The Morgan fingerprint density at radius 1 is 1.58 bits per heavy atom. The van der Waals surface area contributed by atoms with Gasteiger partial charge >= 0.3 is 0 Å². The molecule has 0 spiro atoms. The molecule has 0 radical (unpaired) electrons. The van der Waals surface area contributed by atoms with Gasteiger partial charge in [0.15, 0.2) is 0 Å². The van der Waals surface area contributed by atoms with Crippen LogP contribution in [-0.4, -0.2) is 11.7 Å². The fraction of sp³-hybridized carbons (Fsp3) is 0.556. The van der Waals surface area contributed by atoms with E-state index in [0.29, 0.717) is 6.61 Å². The molecule has 1 N–H and O–H groups in total. The van der Waals surface area contributed by atoms with Crippen LogP contribution in [0.25, 0.3) is 0 Å². The van der Waals surface area contributed by atoms with Crippen LogP contribution in [0.1, 0.15) is 17.7 Å². The van der Waals surface area contributed by atoms with Gasteiger partial charge in [0.1, 0.15) is 0 Å². The molecule has 1 saturated carbocycles. The second-order valence-corrected chi connectivity index (χ2v) is 5.48. The van der Waals surface area contributed by atoms with E-state index >= 15 is 0 Å². The summed E-state index contributed by atoms with van der Waals surface area (Å²) >= 11 is 5.20. The minimum Gasteiger partial charge on any atom is -0.396 e. The third kappa shape index (κ3) is 1.73. The van der Waals surface area contributed by atoms with Gasteiger partial charge in [0.05, 0.1) is 0 Å². The Bertz CT molecular complexity index is 278. The third-order valence-corrected chi connectivity index (χ3v) is 4.16. The minimum absolute atomic E-state index is 0.254. The summed E-state index contributed by atoms with van der Waals surface area (Å²) in [6.45, 7) is 0.350. The minimum atomic E-state index is 0.254. The molecule has 0 bridgehead atoms. The van der Waals surface area contributed by atoms with E-state index in [2.05, 4.69) is 27.4 Å². The normalized spacial score (nSPS) is 19.5. The smallest absolute Gasteiger partial charge is 0.0490 e. The number of hydrogen-bond acceptors (Lipinski definition) is 2. The maximum Gasteiger partial charge on any atom is 0.0490 e. The molecule has 66 valence electrons. The highest BCUT2D eigenvalue weighted by Crippen LogP contribution is 2.48. The van der Waals surface area contributed by atoms with Crippen LogP contribution >= 0.6 is 27.3 Å². The lowest BCUT2D eigenvalue weighted by molar-refractivity contribution is 0.212. The van der Waals surface area contributed by atoms with Gasteiger partial charge in [-0.1, -0.05) is 0 Å². The summed E-state index contributed by atoms with van der Waals surface area (Å²) in [5, 5.41) is 11.2. The van der Waals surface area contributed by atoms with Gasteiger partial charge in [0.25, 0.3) is 0 Å². The number of halogens is 1. The summed E-state index contributed by atoms with van der Waals surface area (Å²) in [6.07, 6.45) is 3.44. The summed E-state index contributed by atoms with van der Waals surface area (Å²) in [6, 6.07) is 2.15. The van der Waals surface area contributed by atoms with E-state index in [4.69, 9.17) is 5.11 Å². The average Bonchev–Trinajstić information content (AvgIpc) is 2.71. The molecule has 0 atom stereocenters. The Morgan fingerprint density at radius 2 is 2.33 bits per heavy atom. The molecule has 1 aromatic rings. The lowest BCUT2D eigenvalue weighted by atomic mass is 10.0. The molecular formula is C9H11BrOS. The Hall–Kier alpha value is 0.140. The molecule has 1 aliphatic rings. The number of aliphatic hydroxyl groups excluding tert-OH is 1. The molecule has 0 saturated heterocycles. The fourth-order valence-electron chi connectivity index (χ4n) is 1.38. The van der Waals surface area contributed by atoms with E-state index < -0.39 is 0 Å². The largest absolute Gasteiger partial charge is 0.396 e. The van der Waals surface area contributed by atoms with Gasteiger partial charge in [-0.2, -0.15) is 0 Å². The summed E-state index contributed by atoms with van der Waals surface area (Å²) in [5.74, 6) is 0. The van der Waals surface area contributed by atoms with Crippen molar-refractivity contribution in [3.63, 3.8) is 0 Å². The first-order valence-corrected chi connectivity index (χ1v) is 5.75. The molecule has 1 nitrogen and oxygen atoms in total. The average molecular weight is 247 g/mol. The number of aliphatic hydroxyl groups is 1. The van der Waals surface area contributed by atoms with Crippen LogP contribution in [0.5, 0.6) is 0 Å². The van der Waals surface area contributed by atoms with Gasteiger partial charge in [0.2, 0.25) is 0 Å². The van der Waals surface area contributed by atoms with E-state index in [9.17, 15) is 0 Å². The van der Waals surface area contributed by atoms with Crippen molar-refractivity contribution in [1.29, 1.82) is 0 Å². The van der Waals surface area contributed by atoms with Crippen molar-refractivity contribution in [2.75, 3.05) is 6.61 Å².